The quantitative estimate of drug-likeness (QED) is 0.700. The maximum atomic E-state index is 12.9. The van der Waals surface area contributed by atoms with Gasteiger partial charge in [-0.15, -0.1) is 0 Å². The molecule has 0 saturated heterocycles. The summed E-state index contributed by atoms with van der Waals surface area (Å²) in [4.78, 5) is 9.80. The van der Waals surface area contributed by atoms with E-state index in [1.807, 2.05) is 0 Å². The SMILES string of the molecule is O=[C]C/C=C/c1ccc(F)cc1F. The Morgan fingerprint density at radius 1 is 1.38 bits per heavy atom. The predicted molar refractivity (Wildman–Crippen MR) is 45.7 cm³/mol. The highest BCUT2D eigenvalue weighted by atomic mass is 19.1. The van der Waals surface area contributed by atoms with Crippen LogP contribution in [0.5, 0.6) is 0 Å². The zero-order chi connectivity index (χ0) is 9.68. The third-order valence-corrected chi connectivity index (χ3v) is 1.46. The molecule has 0 amide bonds. The van der Waals surface area contributed by atoms with Crippen LogP contribution in [0, 0.1) is 11.6 Å². The van der Waals surface area contributed by atoms with Gasteiger partial charge in [0.2, 0.25) is 6.29 Å². The van der Waals surface area contributed by atoms with Gasteiger partial charge in [0.1, 0.15) is 11.6 Å². The van der Waals surface area contributed by atoms with Crippen molar-refractivity contribution in [1.29, 1.82) is 0 Å². The van der Waals surface area contributed by atoms with Crippen molar-refractivity contribution in [3.63, 3.8) is 0 Å². The normalized spacial score (nSPS) is 10.6. The molecule has 0 fully saturated rings. The Balaban J connectivity index is 2.83. The van der Waals surface area contributed by atoms with Gasteiger partial charge in [0.15, 0.2) is 0 Å². The van der Waals surface area contributed by atoms with Gasteiger partial charge in [-0.1, -0.05) is 12.2 Å². The first kappa shape index (κ1) is 9.58. The number of allylic oxidation sites excluding steroid dienone is 1. The molecular formula is C10H7F2O. The van der Waals surface area contributed by atoms with E-state index in [9.17, 15) is 13.6 Å². The minimum Gasteiger partial charge on any atom is -0.291 e. The summed E-state index contributed by atoms with van der Waals surface area (Å²) in [5, 5.41) is 0. The van der Waals surface area contributed by atoms with Gasteiger partial charge in [0.05, 0.1) is 0 Å². The number of rotatable bonds is 3. The smallest absolute Gasteiger partial charge is 0.202 e. The fraction of sp³-hybridized carbons (Fsp3) is 0.100. The van der Waals surface area contributed by atoms with Crippen molar-refractivity contribution < 1.29 is 13.6 Å². The molecule has 3 heteroatoms. The second kappa shape index (κ2) is 4.50. The van der Waals surface area contributed by atoms with E-state index in [2.05, 4.69) is 0 Å². The molecule has 1 aromatic carbocycles. The summed E-state index contributed by atoms with van der Waals surface area (Å²) in [5.41, 5.74) is 0.261. The van der Waals surface area contributed by atoms with E-state index < -0.39 is 11.6 Å². The number of carbonyl (C=O) groups excluding carboxylic acids is 1. The summed E-state index contributed by atoms with van der Waals surface area (Å²) < 4.78 is 25.3. The van der Waals surface area contributed by atoms with Gasteiger partial charge < -0.3 is 0 Å². The highest BCUT2D eigenvalue weighted by molar-refractivity contribution is 5.58. The molecule has 0 aliphatic rings. The van der Waals surface area contributed by atoms with Crippen LogP contribution >= 0.6 is 0 Å². The number of hydrogen-bond acceptors (Lipinski definition) is 1. The molecule has 1 aromatic rings. The number of hydrogen-bond donors (Lipinski definition) is 0. The summed E-state index contributed by atoms with van der Waals surface area (Å²) in [7, 11) is 0. The molecule has 13 heavy (non-hydrogen) atoms. The molecule has 0 atom stereocenters. The Hall–Kier alpha value is -1.51. The monoisotopic (exact) mass is 181 g/mol. The van der Waals surface area contributed by atoms with Crippen LogP contribution in [0.25, 0.3) is 6.08 Å². The summed E-state index contributed by atoms with van der Waals surface area (Å²) in [5.74, 6) is -1.25. The molecule has 0 unspecified atom stereocenters. The van der Waals surface area contributed by atoms with Crippen LogP contribution in [-0.2, 0) is 4.79 Å². The highest BCUT2D eigenvalue weighted by Gasteiger charge is 1.98. The Bertz CT molecular complexity index is 332. The third-order valence-electron chi connectivity index (χ3n) is 1.46. The lowest BCUT2D eigenvalue weighted by Gasteiger charge is -1.95. The predicted octanol–water partition coefficient (Wildman–Crippen LogP) is 2.48. The van der Waals surface area contributed by atoms with Crippen LogP contribution in [0.1, 0.15) is 12.0 Å². The molecule has 1 rings (SSSR count). The molecule has 0 aliphatic carbocycles. The second-order valence-electron chi connectivity index (χ2n) is 2.42. The van der Waals surface area contributed by atoms with Gasteiger partial charge in [-0.05, 0) is 12.1 Å². The molecular weight excluding hydrogens is 174 g/mol. The minimum atomic E-state index is -0.637. The van der Waals surface area contributed by atoms with Crippen LogP contribution in [0.2, 0.25) is 0 Å². The summed E-state index contributed by atoms with van der Waals surface area (Å²) >= 11 is 0. The maximum absolute atomic E-state index is 12.9. The summed E-state index contributed by atoms with van der Waals surface area (Å²) in [6.45, 7) is 0. The lowest BCUT2D eigenvalue weighted by Crippen LogP contribution is -1.83. The second-order valence-corrected chi connectivity index (χ2v) is 2.42. The van der Waals surface area contributed by atoms with Crippen LogP contribution < -0.4 is 0 Å². The van der Waals surface area contributed by atoms with Crippen molar-refractivity contribution in [2.24, 2.45) is 0 Å². The first-order chi connectivity index (χ1) is 6.24. The maximum Gasteiger partial charge on any atom is 0.202 e. The minimum absolute atomic E-state index is 0.108. The van der Waals surface area contributed by atoms with E-state index in [1.165, 1.54) is 18.2 Å². The molecule has 0 aliphatic heterocycles. The molecule has 0 heterocycles. The van der Waals surface area contributed by atoms with Crippen molar-refractivity contribution in [3.05, 3.63) is 41.5 Å². The van der Waals surface area contributed by atoms with E-state index in [0.717, 1.165) is 12.1 Å². The number of halogens is 2. The molecule has 0 bridgehead atoms. The van der Waals surface area contributed by atoms with Crippen molar-refractivity contribution in [1.82, 2.24) is 0 Å². The van der Waals surface area contributed by atoms with Gasteiger partial charge in [-0.2, -0.15) is 0 Å². The first-order valence-electron chi connectivity index (χ1n) is 3.70. The van der Waals surface area contributed by atoms with Crippen LogP contribution in [0.15, 0.2) is 24.3 Å². The van der Waals surface area contributed by atoms with Crippen LogP contribution in [0.3, 0.4) is 0 Å². The molecule has 0 saturated carbocycles. The topological polar surface area (TPSA) is 17.1 Å². The fourth-order valence-corrected chi connectivity index (χ4v) is 0.871. The largest absolute Gasteiger partial charge is 0.291 e. The molecule has 0 aromatic heterocycles. The van der Waals surface area contributed by atoms with E-state index in [0.29, 0.717) is 0 Å². The zero-order valence-corrected chi connectivity index (χ0v) is 6.76. The Kier molecular flexibility index (Phi) is 3.31. The van der Waals surface area contributed by atoms with E-state index >= 15 is 0 Å². The van der Waals surface area contributed by atoms with E-state index in [4.69, 9.17) is 0 Å². The van der Waals surface area contributed by atoms with Crippen LogP contribution in [0.4, 0.5) is 8.78 Å². The van der Waals surface area contributed by atoms with Gasteiger partial charge in [0.25, 0.3) is 0 Å². The summed E-state index contributed by atoms with van der Waals surface area (Å²) in [6.07, 6.45) is 4.62. The highest BCUT2D eigenvalue weighted by Crippen LogP contribution is 2.10. The lowest BCUT2D eigenvalue weighted by atomic mass is 10.2. The van der Waals surface area contributed by atoms with E-state index in [-0.39, 0.29) is 12.0 Å². The fourth-order valence-electron chi connectivity index (χ4n) is 0.871. The molecule has 1 radical (unpaired) electrons. The van der Waals surface area contributed by atoms with Crippen LogP contribution in [-0.4, -0.2) is 6.29 Å². The Labute approximate surface area is 74.7 Å². The molecule has 0 N–H and O–H groups in total. The standard InChI is InChI=1S/C10H7F2O/c11-9-5-4-8(10(12)7-9)3-1-2-6-13/h1,3-5,7H,2H2/b3-1+. The average Bonchev–Trinajstić information content (AvgIpc) is 2.09. The van der Waals surface area contributed by atoms with Crippen molar-refractivity contribution in [2.45, 2.75) is 6.42 Å². The van der Waals surface area contributed by atoms with Gasteiger partial charge >= 0.3 is 0 Å². The van der Waals surface area contributed by atoms with Gasteiger partial charge in [0, 0.05) is 18.1 Å². The van der Waals surface area contributed by atoms with Crippen molar-refractivity contribution >= 4 is 12.4 Å². The molecule has 1 nitrogen and oxygen atoms in total. The van der Waals surface area contributed by atoms with Gasteiger partial charge in [-0.3, -0.25) is 4.79 Å². The third kappa shape index (κ3) is 2.78. The van der Waals surface area contributed by atoms with E-state index in [1.54, 1.807) is 6.29 Å². The Morgan fingerprint density at radius 3 is 2.77 bits per heavy atom. The Morgan fingerprint density at radius 2 is 2.15 bits per heavy atom. The molecule has 67 valence electrons. The van der Waals surface area contributed by atoms with Crippen molar-refractivity contribution in [3.8, 4) is 0 Å². The van der Waals surface area contributed by atoms with Crippen molar-refractivity contribution in [2.75, 3.05) is 0 Å². The summed E-state index contributed by atoms with van der Waals surface area (Å²) in [6, 6.07) is 3.27. The van der Waals surface area contributed by atoms with Gasteiger partial charge in [-0.25, -0.2) is 8.78 Å². The first-order valence-corrected chi connectivity index (χ1v) is 3.70. The zero-order valence-electron chi connectivity index (χ0n) is 6.76. The average molecular weight is 181 g/mol. The molecule has 0 spiro atoms. The lowest BCUT2D eigenvalue weighted by molar-refractivity contribution is 0.556. The number of benzene rings is 1.